The van der Waals surface area contributed by atoms with Crippen LogP contribution in [0.15, 0.2) is 18.5 Å². The van der Waals surface area contributed by atoms with Crippen LogP contribution in [0.4, 0.5) is 4.79 Å². The molecule has 6 nitrogen and oxygen atoms in total. The molecule has 0 bridgehead atoms. The van der Waals surface area contributed by atoms with E-state index in [1.54, 1.807) is 11.1 Å². The molecule has 6 heteroatoms. The van der Waals surface area contributed by atoms with Gasteiger partial charge in [0, 0.05) is 38.6 Å². The van der Waals surface area contributed by atoms with Crippen molar-refractivity contribution in [2.45, 2.75) is 32.4 Å². The number of nitrogens with zero attached hydrogens (tertiary/aromatic N) is 3. The molecular weight excluding hydrogens is 244 g/mol. The van der Waals surface area contributed by atoms with Crippen molar-refractivity contribution in [3.05, 3.63) is 18.5 Å². The number of hydrogen-bond donors (Lipinski definition) is 2. The highest BCUT2D eigenvalue weighted by Crippen LogP contribution is 2.16. The number of rotatable bonds is 4. The number of urea groups is 1. The Kier molecular flexibility index (Phi) is 4.79. The van der Waals surface area contributed by atoms with Crippen LogP contribution in [0.2, 0.25) is 0 Å². The van der Waals surface area contributed by atoms with Gasteiger partial charge in [-0.1, -0.05) is 6.92 Å². The molecule has 0 aliphatic carbocycles. The predicted molar refractivity (Wildman–Crippen MR) is 71.6 cm³/mol. The lowest BCUT2D eigenvalue weighted by Gasteiger charge is -2.34. The normalized spacial score (nSPS) is 23.4. The maximum Gasteiger partial charge on any atom is 0.317 e. The SMILES string of the molecule is CC1CCN(C(=O)NCCCn2cccn2)CC1O. The zero-order chi connectivity index (χ0) is 13.7. The molecule has 0 aromatic carbocycles. The number of likely N-dealkylation sites (tertiary alicyclic amines) is 1. The molecule has 1 aromatic heterocycles. The number of hydrogen-bond acceptors (Lipinski definition) is 3. The Morgan fingerprint density at radius 2 is 2.42 bits per heavy atom. The number of β-amino-alcohol motifs (C(OH)–C–C–N with tert-alkyl or cyclic N) is 1. The second-order valence-electron chi connectivity index (χ2n) is 5.13. The average molecular weight is 266 g/mol. The van der Waals surface area contributed by atoms with Crippen molar-refractivity contribution in [3.8, 4) is 0 Å². The summed E-state index contributed by atoms with van der Waals surface area (Å²) in [7, 11) is 0. The molecule has 1 fully saturated rings. The van der Waals surface area contributed by atoms with Gasteiger partial charge in [-0.3, -0.25) is 4.68 Å². The lowest BCUT2D eigenvalue weighted by atomic mass is 9.96. The number of aryl methyl sites for hydroxylation is 1. The Morgan fingerprint density at radius 1 is 1.58 bits per heavy atom. The highest BCUT2D eigenvalue weighted by molar-refractivity contribution is 5.74. The first kappa shape index (κ1) is 13.9. The maximum atomic E-state index is 11.9. The summed E-state index contributed by atoms with van der Waals surface area (Å²) in [5, 5.41) is 16.7. The van der Waals surface area contributed by atoms with E-state index >= 15 is 0 Å². The van der Waals surface area contributed by atoms with Crippen LogP contribution in [0.5, 0.6) is 0 Å². The smallest absolute Gasteiger partial charge is 0.317 e. The fourth-order valence-electron chi connectivity index (χ4n) is 2.21. The van der Waals surface area contributed by atoms with E-state index in [1.165, 1.54) is 0 Å². The molecule has 1 saturated heterocycles. The standard InChI is InChI=1S/C13H22N4O2/c1-11-4-9-16(10-12(11)18)13(19)14-5-2-7-17-8-3-6-15-17/h3,6,8,11-12,18H,2,4-5,7,9-10H2,1H3,(H,14,19). The van der Waals surface area contributed by atoms with E-state index in [0.717, 1.165) is 25.9 Å². The van der Waals surface area contributed by atoms with E-state index in [-0.39, 0.29) is 11.9 Å². The Bertz CT molecular complexity index is 393. The maximum absolute atomic E-state index is 11.9. The van der Waals surface area contributed by atoms with Crippen molar-refractivity contribution in [3.63, 3.8) is 0 Å². The van der Waals surface area contributed by atoms with Crippen molar-refractivity contribution in [1.82, 2.24) is 20.0 Å². The molecule has 2 unspecified atom stereocenters. The summed E-state index contributed by atoms with van der Waals surface area (Å²) in [4.78, 5) is 13.6. The van der Waals surface area contributed by atoms with Crippen LogP contribution in [-0.4, -0.2) is 51.6 Å². The largest absolute Gasteiger partial charge is 0.391 e. The number of piperidine rings is 1. The first-order chi connectivity index (χ1) is 9.16. The zero-order valence-corrected chi connectivity index (χ0v) is 11.3. The Morgan fingerprint density at radius 3 is 3.11 bits per heavy atom. The second-order valence-corrected chi connectivity index (χ2v) is 5.13. The number of carbonyl (C=O) groups is 1. The van der Waals surface area contributed by atoms with Crippen LogP contribution in [0.1, 0.15) is 19.8 Å². The van der Waals surface area contributed by atoms with Crippen LogP contribution >= 0.6 is 0 Å². The summed E-state index contributed by atoms with van der Waals surface area (Å²) < 4.78 is 1.85. The van der Waals surface area contributed by atoms with Crippen LogP contribution < -0.4 is 5.32 Å². The minimum absolute atomic E-state index is 0.0774. The van der Waals surface area contributed by atoms with Gasteiger partial charge in [0.05, 0.1) is 6.10 Å². The summed E-state index contributed by atoms with van der Waals surface area (Å²) in [5.41, 5.74) is 0. The predicted octanol–water partition coefficient (Wildman–Crippen LogP) is 0.685. The van der Waals surface area contributed by atoms with Crippen molar-refractivity contribution in [1.29, 1.82) is 0 Å². The number of nitrogens with one attached hydrogen (secondary N) is 1. The van der Waals surface area contributed by atoms with E-state index in [9.17, 15) is 9.90 Å². The number of carbonyl (C=O) groups excluding carboxylic acids is 1. The van der Waals surface area contributed by atoms with Gasteiger partial charge in [-0.25, -0.2) is 4.79 Å². The molecule has 19 heavy (non-hydrogen) atoms. The lowest BCUT2D eigenvalue weighted by molar-refractivity contribution is 0.0436. The monoisotopic (exact) mass is 266 g/mol. The molecular formula is C13H22N4O2. The van der Waals surface area contributed by atoms with E-state index in [0.29, 0.717) is 13.1 Å². The summed E-state index contributed by atoms with van der Waals surface area (Å²) >= 11 is 0. The molecule has 1 aliphatic rings. The number of aliphatic hydroxyl groups is 1. The van der Waals surface area contributed by atoms with Crippen molar-refractivity contribution >= 4 is 6.03 Å². The van der Waals surface area contributed by atoms with Gasteiger partial charge in [0.25, 0.3) is 0 Å². The third-order valence-corrected chi connectivity index (χ3v) is 3.61. The van der Waals surface area contributed by atoms with Gasteiger partial charge in [0.2, 0.25) is 0 Å². The first-order valence-corrected chi connectivity index (χ1v) is 6.85. The van der Waals surface area contributed by atoms with Gasteiger partial charge in [0.15, 0.2) is 0 Å². The second kappa shape index (κ2) is 6.56. The zero-order valence-electron chi connectivity index (χ0n) is 11.3. The highest BCUT2D eigenvalue weighted by atomic mass is 16.3. The molecule has 1 aromatic rings. The van der Waals surface area contributed by atoms with Crippen LogP contribution in [0, 0.1) is 5.92 Å². The Balaban J connectivity index is 1.64. The highest BCUT2D eigenvalue weighted by Gasteiger charge is 2.26. The Labute approximate surface area is 113 Å². The van der Waals surface area contributed by atoms with E-state index in [4.69, 9.17) is 0 Å². The number of amides is 2. The molecule has 2 rings (SSSR count). The Hall–Kier alpha value is -1.56. The van der Waals surface area contributed by atoms with Gasteiger partial charge >= 0.3 is 6.03 Å². The molecule has 2 atom stereocenters. The summed E-state index contributed by atoms with van der Waals surface area (Å²) in [6.07, 6.45) is 4.96. The molecule has 2 heterocycles. The fourth-order valence-corrected chi connectivity index (χ4v) is 2.21. The van der Waals surface area contributed by atoms with Crippen molar-refractivity contribution < 1.29 is 9.90 Å². The molecule has 0 spiro atoms. The van der Waals surface area contributed by atoms with Crippen LogP contribution in [-0.2, 0) is 6.54 Å². The van der Waals surface area contributed by atoms with Crippen molar-refractivity contribution in [2.24, 2.45) is 5.92 Å². The number of aliphatic hydroxyl groups excluding tert-OH is 1. The van der Waals surface area contributed by atoms with Gasteiger partial charge < -0.3 is 15.3 Å². The van der Waals surface area contributed by atoms with E-state index in [2.05, 4.69) is 10.4 Å². The van der Waals surface area contributed by atoms with Crippen LogP contribution in [0.3, 0.4) is 0 Å². The quantitative estimate of drug-likeness (QED) is 0.788. The minimum Gasteiger partial charge on any atom is -0.391 e. The van der Waals surface area contributed by atoms with Gasteiger partial charge in [0.1, 0.15) is 0 Å². The van der Waals surface area contributed by atoms with Crippen molar-refractivity contribution in [2.75, 3.05) is 19.6 Å². The average Bonchev–Trinajstić information content (AvgIpc) is 2.91. The molecule has 2 N–H and O–H groups in total. The fraction of sp³-hybridized carbons (Fsp3) is 0.692. The van der Waals surface area contributed by atoms with E-state index < -0.39 is 6.10 Å². The molecule has 1 aliphatic heterocycles. The number of aromatic nitrogens is 2. The summed E-state index contributed by atoms with van der Waals surface area (Å²) in [6.45, 7) is 4.60. The first-order valence-electron chi connectivity index (χ1n) is 6.85. The van der Waals surface area contributed by atoms with Gasteiger partial charge in [-0.15, -0.1) is 0 Å². The topological polar surface area (TPSA) is 70.4 Å². The van der Waals surface area contributed by atoms with Gasteiger partial charge in [-0.05, 0) is 24.8 Å². The third kappa shape index (κ3) is 3.96. The molecule has 0 saturated carbocycles. The minimum atomic E-state index is -0.399. The molecule has 2 amide bonds. The summed E-state index contributed by atoms with van der Waals surface area (Å²) in [5.74, 6) is 0.281. The summed E-state index contributed by atoms with van der Waals surface area (Å²) in [6, 6.07) is 1.81. The van der Waals surface area contributed by atoms with Gasteiger partial charge in [-0.2, -0.15) is 5.10 Å². The molecule has 0 radical (unpaired) electrons. The molecule has 106 valence electrons. The third-order valence-electron chi connectivity index (χ3n) is 3.61. The van der Waals surface area contributed by atoms with E-state index in [1.807, 2.05) is 23.9 Å². The lowest BCUT2D eigenvalue weighted by Crippen LogP contribution is -2.49. The van der Waals surface area contributed by atoms with Crippen LogP contribution in [0.25, 0.3) is 0 Å².